The minimum atomic E-state index is 0.605. The molecule has 0 amide bonds. The van der Waals surface area contributed by atoms with Gasteiger partial charge in [-0.25, -0.2) is 0 Å². The van der Waals surface area contributed by atoms with Gasteiger partial charge in [-0.3, -0.25) is 0 Å². The molecular formula is C9H15NOS. The molecule has 1 N–H and O–H groups in total. The molecule has 12 heavy (non-hydrogen) atoms. The number of hydrogen-bond donors (Lipinski definition) is 1. The molecule has 0 aromatic heterocycles. The number of ether oxygens (including phenoxy) is 1. The molecule has 2 atom stereocenters. The van der Waals surface area contributed by atoms with Gasteiger partial charge in [0.1, 0.15) is 4.99 Å². The van der Waals surface area contributed by atoms with Crippen molar-refractivity contribution in [2.24, 2.45) is 5.92 Å². The second kappa shape index (κ2) is 3.71. The molecule has 1 heterocycles. The monoisotopic (exact) mass is 185 g/mol. The number of fused-ring (bicyclic) bond motifs is 1. The summed E-state index contributed by atoms with van der Waals surface area (Å²) in [6.07, 6.45) is 5.28. The first-order valence-electron chi connectivity index (χ1n) is 4.73. The highest BCUT2D eigenvalue weighted by atomic mass is 32.1. The Bertz CT molecular complexity index is 183. The van der Waals surface area contributed by atoms with Crippen molar-refractivity contribution in [3.63, 3.8) is 0 Å². The van der Waals surface area contributed by atoms with Gasteiger partial charge in [0.05, 0.1) is 13.2 Å². The highest BCUT2D eigenvalue weighted by molar-refractivity contribution is 7.80. The van der Waals surface area contributed by atoms with Gasteiger partial charge in [-0.05, 0) is 12.8 Å². The zero-order valence-electron chi connectivity index (χ0n) is 7.21. The summed E-state index contributed by atoms with van der Waals surface area (Å²) < 4.78 is 5.47. The summed E-state index contributed by atoms with van der Waals surface area (Å²) in [6.45, 7) is 1.53. The molecule has 2 rings (SSSR count). The van der Waals surface area contributed by atoms with Gasteiger partial charge in [0, 0.05) is 12.0 Å². The van der Waals surface area contributed by atoms with Gasteiger partial charge < -0.3 is 10.1 Å². The lowest BCUT2D eigenvalue weighted by Crippen LogP contribution is -2.40. The molecule has 0 spiro atoms. The zero-order chi connectivity index (χ0) is 8.39. The third kappa shape index (κ3) is 1.77. The van der Waals surface area contributed by atoms with Crippen molar-refractivity contribution in [1.82, 2.24) is 5.32 Å². The van der Waals surface area contributed by atoms with Gasteiger partial charge in [0.15, 0.2) is 0 Å². The van der Waals surface area contributed by atoms with Gasteiger partial charge in [-0.1, -0.05) is 25.1 Å². The Hall–Kier alpha value is -0.150. The number of rotatable bonds is 0. The standard InChI is InChI=1S/C9H15NOS/c12-9-6-11-5-7-3-1-2-4-8(7)10-9/h7-8H,1-6H2,(H,10,12). The summed E-state index contributed by atoms with van der Waals surface area (Å²) in [5, 5.41) is 3.39. The van der Waals surface area contributed by atoms with Gasteiger partial charge >= 0.3 is 0 Å². The predicted octanol–water partition coefficient (Wildman–Crippen LogP) is 1.49. The van der Waals surface area contributed by atoms with E-state index in [1.165, 1.54) is 25.7 Å². The first-order chi connectivity index (χ1) is 5.86. The summed E-state index contributed by atoms with van der Waals surface area (Å²) in [5.41, 5.74) is 0. The van der Waals surface area contributed by atoms with E-state index in [1.54, 1.807) is 0 Å². The lowest BCUT2D eigenvalue weighted by molar-refractivity contribution is 0.113. The van der Waals surface area contributed by atoms with E-state index in [0.717, 1.165) is 11.6 Å². The van der Waals surface area contributed by atoms with Gasteiger partial charge in [-0.15, -0.1) is 0 Å². The molecule has 0 radical (unpaired) electrons. The maximum atomic E-state index is 5.47. The predicted molar refractivity (Wildman–Crippen MR) is 52.3 cm³/mol. The van der Waals surface area contributed by atoms with Crippen molar-refractivity contribution in [2.75, 3.05) is 13.2 Å². The second-order valence-corrected chi connectivity index (χ2v) is 4.23. The topological polar surface area (TPSA) is 21.3 Å². The molecular weight excluding hydrogens is 170 g/mol. The minimum absolute atomic E-state index is 0.605. The largest absolute Gasteiger partial charge is 0.375 e. The molecule has 1 saturated carbocycles. The van der Waals surface area contributed by atoms with Crippen molar-refractivity contribution in [1.29, 1.82) is 0 Å². The van der Waals surface area contributed by atoms with Crippen LogP contribution in [0.1, 0.15) is 25.7 Å². The van der Waals surface area contributed by atoms with Crippen molar-refractivity contribution in [3.05, 3.63) is 0 Å². The van der Waals surface area contributed by atoms with Crippen LogP contribution < -0.4 is 5.32 Å². The van der Waals surface area contributed by atoms with Crippen LogP contribution in [0.15, 0.2) is 0 Å². The molecule has 2 nitrogen and oxygen atoms in total. The van der Waals surface area contributed by atoms with Crippen LogP contribution in [0.4, 0.5) is 0 Å². The summed E-state index contributed by atoms with van der Waals surface area (Å²) in [6, 6.07) is 0.605. The molecule has 1 aliphatic carbocycles. The molecule has 1 saturated heterocycles. The van der Waals surface area contributed by atoms with E-state index in [4.69, 9.17) is 17.0 Å². The van der Waals surface area contributed by atoms with Crippen LogP contribution in [0.25, 0.3) is 0 Å². The van der Waals surface area contributed by atoms with E-state index in [2.05, 4.69) is 5.32 Å². The molecule has 0 aromatic rings. The Morgan fingerprint density at radius 2 is 2.17 bits per heavy atom. The van der Waals surface area contributed by atoms with Gasteiger partial charge in [-0.2, -0.15) is 0 Å². The molecule has 0 bridgehead atoms. The van der Waals surface area contributed by atoms with Crippen LogP contribution in [0.2, 0.25) is 0 Å². The fraction of sp³-hybridized carbons (Fsp3) is 0.889. The molecule has 1 aliphatic heterocycles. The van der Waals surface area contributed by atoms with Crippen molar-refractivity contribution in [2.45, 2.75) is 31.7 Å². The van der Waals surface area contributed by atoms with Crippen LogP contribution >= 0.6 is 12.2 Å². The Kier molecular flexibility index (Phi) is 2.61. The highest BCUT2D eigenvalue weighted by Gasteiger charge is 2.27. The van der Waals surface area contributed by atoms with Crippen LogP contribution in [-0.2, 0) is 4.74 Å². The Morgan fingerprint density at radius 1 is 1.33 bits per heavy atom. The van der Waals surface area contributed by atoms with Gasteiger partial charge in [0.2, 0.25) is 0 Å². The average molecular weight is 185 g/mol. The van der Waals surface area contributed by atoms with E-state index < -0.39 is 0 Å². The van der Waals surface area contributed by atoms with E-state index in [-0.39, 0.29) is 0 Å². The smallest absolute Gasteiger partial charge is 0.102 e. The van der Waals surface area contributed by atoms with Crippen molar-refractivity contribution >= 4 is 17.2 Å². The summed E-state index contributed by atoms with van der Waals surface area (Å²) in [7, 11) is 0. The third-order valence-corrected chi connectivity index (χ3v) is 3.06. The molecule has 2 aliphatic rings. The molecule has 2 unspecified atom stereocenters. The maximum absolute atomic E-state index is 5.47. The van der Waals surface area contributed by atoms with Crippen LogP contribution in [0.3, 0.4) is 0 Å². The number of hydrogen-bond acceptors (Lipinski definition) is 2. The third-order valence-electron chi connectivity index (χ3n) is 2.82. The Balaban J connectivity index is 2.01. The lowest BCUT2D eigenvalue weighted by atomic mass is 9.85. The molecule has 2 fully saturated rings. The lowest BCUT2D eigenvalue weighted by Gasteiger charge is -2.29. The minimum Gasteiger partial charge on any atom is -0.375 e. The summed E-state index contributed by atoms with van der Waals surface area (Å²) >= 11 is 5.12. The fourth-order valence-electron chi connectivity index (χ4n) is 2.15. The van der Waals surface area contributed by atoms with E-state index >= 15 is 0 Å². The van der Waals surface area contributed by atoms with Crippen molar-refractivity contribution < 1.29 is 4.74 Å². The Morgan fingerprint density at radius 3 is 3.08 bits per heavy atom. The average Bonchev–Trinajstić information content (AvgIpc) is 2.25. The van der Waals surface area contributed by atoms with Crippen LogP contribution in [0, 0.1) is 5.92 Å². The summed E-state index contributed by atoms with van der Waals surface area (Å²) in [4.78, 5) is 0.893. The van der Waals surface area contributed by atoms with E-state index in [9.17, 15) is 0 Å². The number of thiocarbonyl (C=S) groups is 1. The highest BCUT2D eigenvalue weighted by Crippen LogP contribution is 2.25. The first-order valence-corrected chi connectivity index (χ1v) is 5.14. The SMILES string of the molecule is S=C1COCC2CCCCC2N1. The number of nitrogens with one attached hydrogen (secondary N) is 1. The molecule has 68 valence electrons. The molecule has 3 heteroatoms. The normalized spacial score (nSPS) is 36.5. The van der Waals surface area contributed by atoms with Crippen LogP contribution in [0.5, 0.6) is 0 Å². The fourth-order valence-corrected chi connectivity index (χ4v) is 2.38. The zero-order valence-corrected chi connectivity index (χ0v) is 8.03. The van der Waals surface area contributed by atoms with E-state index in [0.29, 0.717) is 18.6 Å². The Labute approximate surface area is 78.7 Å². The maximum Gasteiger partial charge on any atom is 0.102 e. The van der Waals surface area contributed by atoms with Crippen molar-refractivity contribution in [3.8, 4) is 0 Å². The van der Waals surface area contributed by atoms with E-state index in [1.807, 2.05) is 0 Å². The molecule has 0 aromatic carbocycles. The second-order valence-electron chi connectivity index (χ2n) is 3.73. The quantitative estimate of drug-likeness (QED) is 0.578. The first kappa shape index (κ1) is 8.45. The van der Waals surface area contributed by atoms with Gasteiger partial charge in [0.25, 0.3) is 0 Å². The summed E-state index contributed by atoms with van der Waals surface area (Å²) in [5.74, 6) is 0.708. The van der Waals surface area contributed by atoms with Crippen LogP contribution in [-0.4, -0.2) is 24.2 Å².